The number of hydrogen-bond donors (Lipinski definition) is 4. The van der Waals surface area contributed by atoms with E-state index in [-0.39, 0.29) is 5.69 Å². The molecule has 7 nitrogen and oxygen atoms in total. The van der Waals surface area contributed by atoms with E-state index >= 15 is 0 Å². The summed E-state index contributed by atoms with van der Waals surface area (Å²) < 4.78 is 0. The fraction of sp³-hybridized carbons (Fsp3) is 0.375. The Morgan fingerprint density at radius 2 is 2.27 bits per heavy atom. The van der Waals surface area contributed by atoms with Gasteiger partial charge >= 0.3 is 5.97 Å². The van der Waals surface area contributed by atoms with Gasteiger partial charge in [0.25, 0.3) is 0 Å². The molecule has 2 atom stereocenters. The molecule has 0 saturated carbocycles. The first kappa shape index (κ1) is 11.2. The number of aromatic amines is 1. The van der Waals surface area contributed by atoms with Crippen LogP contribution in [0.4, 0.5) is 0 Å². The number of hydrogen-bond acceptors (Lipinski definition) is 4. The SMILES string of the molecule is CC(=O)NC(C(=O)O)C(O)c1cnc[nH]1. The number of rotatable bonds is 4. The minimum Gasteiger partial charge on any atom is -0.480 e. The lowest BCUT2D eigenvalue weighted by atomic mass is 10.1. The molecule has 1 amide bonds. The van der Waals surface area contributed by atoms with Crippen LogP contribution in [0, 0.1) is 0 Å². The molecule has 0 saturated heterocycles. The molecule has 0 aromatic carbocycles. The van der Waals surface area contributed by atoms with Crippen LogP contribution in [0.5, 0.6) is 0 Å². The van der Waals surface area contributed by atoms with E-state index in [1.165, 1.54) is 19.4 Å². The number of nitrogens with one attached hydrogen (secondary N) is 2. The molecule has 0 bridgehead atoms. The van der Waals surface area contributed by atoms with Gasteiger partial charge in [-0.3, -0.25) is 4.79 Å². The van der Waals surface area contributed by atoms with E-state index in [1.807, 2.05) is 0 Å². The number of aliphatic carboxylic acids is 1. The van der Waals surface area contributed by atoms with Gasteiger partial charge in [0.1, 0.15) is 6.10 Å². The molecule has 1 rings (SSSR count). The number of aliphatic hydroxyl groups excluding tert-OH is 1. The molecule has 15 heavy (non-hydrogen) atoms. The van der Waals surface area contributed by atoms with E-state index < -0.39 is 24.0 Å². The summed E-state index contributed by atoms with van der Waals surface area (Å²) in [6.45, 7) is 1.18. The lowest BCUT2D eigenvalue weighted by Crippen LogP contribution is -2.44. The van der Waals surface area contributed by atoms with Crippen LogP contribution in [0.3, 0.4) is 0 Å². The van der Waals surface area contributed by atoms with Crippen molar-refractivity contribution in [2.75, 3.05) is 0 Å². The van der Waals surface area contributed by atoms with Crippen molar-refractivity contribution < 1.29 is 19.8 Å². The van der Waals surface area contributed by atoms with Crippen LogP contribution < -0.4 is 5.32 Å². The van der Waals surface area contributed by atoms with Crippen molar-refractivity contribution in [3.8, 4) is 0 Å². The normalized spacial score (nSPS) is 14.3. The van der Waals surface area contributed by atoms with E-state index in [0.717, 1.165) is 0 Å². The van der Waals surface area contributed by atoms with E-state index in [1.54, 1.807) is 0 Å². The maximum absolute atomic E-state index is 10.8. The average Bonchev–Trinajstić information content (AvgIpc) is 2.65. The summed E-state index contributed by atoms with van der Waals surface area (Å²) in [7, 11) is 0. The van der Waals surface area contributed by atoms with E-state index in [2.05, 4.69) is 15.3 Å². The topological polar surface area (TPSA) is 115 Å². The second-order valence-electron chi connectivity index (χ2n) is 2.97. The summed E-state index contributed by atoms with van der Waals surface area (Å²) in [5, 5.41) is 20.5. The predicted octanol–water partition coefficient (Wildman–Crippen LogP) is -0.968. The van der Waals surface area contributed by atoms with Gasteiger partial charge in [0.2, 0.25) is 5.91 Å². The molecule has 2 unspecified atom stereocenters. The molecule has 7 heteroatoms. The Bertz CT molecular complexity index is 349. The van der Waals surface area contributed by atoms with Crippen LogP contribution >= 0.6 is 0 Å². The molecule has 82 valence electrons. The highest BCUT2D eigenvalue weighted by Crippen LogP contribution is 2.13. The summed E-state index contributed by atoms with van der Waals surface area (Å²) in [5.41, 5.74) is 0.233. The average molecular weight is 213 g/mol. The van der Waals surface area contributed by atoms with Gasteiger partial charge in [-0.05, 0) is 0 Å². The first-order chi connectivity index (χ1) is 7.02. The van der Waals surface area contributed by atoms with Crippen molar-refractivity contribution in [1.82, 2.24) is 15.3 Å². The maximum Gasteiger partial charge on any atom is 0.329 e. The molecule has 0 spiro atoms. The van der Waals surface area contributed by atoms with Gasteiger partial charge < -0.3 is 20.5 Å². The number of H-pyrrole nitrogens is 1. The van der Waals surface area contributed by atoms with Crippen molar-refractivity contribution in [3.63, 3.8) is 0 Å². The van der Waals surface area contributed by atoms with Crippen molar-refractivity contribution in [2.24, 2.45) is 0 Å². The Hall–Kier alpha value is -1.89. The monoisotopic (exact) mass is 213 g/mol. The summed E-state index contributed by atoms with van der Waals surface area (Å²) >= 11 is 0. The van der Waals surface area contributed by atoms with Gasteiger partial charge in [-0.25, -0.2) is 9.78 Å². The smallest absolute Gasteiger partial charge is 0.329 e. The summed E-state index contributed by atoms with van der Waals surface area (Å²) in [6.07, 6.45) is 1.25. The number of carbonyl (C=O) groups excluding carboxylic acids is 1. The Labute approximate surface area is 85.1 Å². The van der Waals surface area contributed by atoms with Gasteiger partial charge in [-0.1, -0.05) is 0 Å². The first-order valence-electron chi connectivity index (χ1n) is 4.18. The number of amides is 1. The van der Waals surface area contributed by atoms with Crippen LogP contribution in [0.15, 0.2) is 12.5 Å². The molecule has 1 aromatic heterocycles. The Morgan fingerprint density at radius 3 is 2.67 bits per heavy atom. The third-order valence-electron chi connectivity index (χ3n) is 1.78. The Balaban J connectivity index is 2.80. The van der Waals surface area contributed by atoms with Crippen LogP contribution in [0.2, 0.25) is 0 Å². The van der Waals surface area contributed by atoms with E-state index in [9.17, 15) is 14.7 Å². The largest absolute Gasteiger partial charge is 0.480 e. The van der Waals surface area contributed by atoms with Crippen molar-refractivity contribution in [2.45, 2.75) is 19.1 Å². The molecule has 0 aliphatic heterocycles. The highest BCUT2D eigenvalue weighted by atomic mass is 16.4. The molecule has 0 aliphatic carbocycles. The molecule has 1 aromatic rings. The van der Waals surface area contributed by atoms with E-state index in [0.29, 0.717) is 0 Å². The molecular formula is C8H11N3O4. The maximum atomic E-state index is 10.8. The van der Waals surface area contributed by atoms with Crippen molar-refractivity contribution >= 4 is 11.9 Å². The minimum absolute atomic E-state index is 0.233. The van der Waals surface area contributed by atoms with Crippen molar-refractivity contribution in [1.29, 1.82) is 0 Å². The third-order valence-corrected chi connectivity index (χ3v) is 1.78. The number of carboxylic acids is 1. The molecule has 0 aliphatic rings. The Morgan fingerprint density at radius 1 is 1.60 bits per heavy atom. The van der Waals surface area contributed by atoms with Crippen LogP contribution in [0.1, 0.15) is 18.7 Å². The fourth-order valence-corrected chi connectivity index (χ4v) is 1.10. The van der Waals surface area contributed by atoms with Crippen LogP contribution in [-0.2, 0) is 9.59 Å². The number of carboxylic acid groups (broad SMARTS) is 1. The highest BCUT2D eigenvalue weighted by molar-refractivity contribution is 5.82. The molecule has 0 fully saturated rings. The lowest BCUT2D eigenvalue weighted by Gasteiger charge is -2.18. The first-order valence-corrected chi connectivity index (χ1v) is 4.18. The zero-order valence-electron chi connectivity index (χ0n) is 7.97. The van der Waals surface area contributed by atoms with Gasteiger partial charge in [0.15, 0.2) is 6.04 Å². The molecule has 1 heterocycles. The number of aromatic nitrogens is 2. The third kappa shape index (κ3) is 2.78. The molecule has 4 N–H and O–H groups in total. The van der Waals surface area contributed by atoms with Crippen LogP contribution in [0.25, 0.3) is 0 Å². The standard InChI is InChI=1S/C8H11N3O4/c1-4(12)11-6(8(14)15)7(13)5-2-9-3-10-5/h2-3,6-7,13H,1H3,(H,9,10)(H,11,12)(H,14,15). The van der Waals surface area contributed by atoms with E-state index in [4.69, 9.17) is 5.11 Å². The number of carbonyl (C=O) groups is 2. The Kier molecular flexibility index (Phi) is 3.40. The van der Waals surface area contributed by atoms with Gasteiger partial charge in [0.05, 0.1) is 18.2 Å². The highest BCUT2D eigenvalue weighted by Gasteiger charge is 2.29. The zero-order chi connectivity index (χ0) is 11.4. The van der Waals surface area contributed by atoms with Gasteiger partial charge in [0, 0.05) is 6.92 Å². The number of imidazole rings is 1. The molecule has 0 radical (unpaired) electrons. The minimum atomic E-state index is -1.39. The van der Waals surface area contributed by atoms with Crippen LogP contribution in [-0.4, -0.2) is 38.1 Å². The molecular weight excluding hydrogens is 202 g/mol. The second kappa shape index (κ2) is 4.56. The number of aliphatic hydroxyl groups is 1. The lowest BCUT2D eigenvalue weighted by molar-refractivity contribution is -0.145. The van der Waals surface area contributed by atoms with Gasteiger partial charge in [-0.2, -0.15) is 0 Å². The summed E-state index contributed by atoms with van der Waals surface area (Å²) in [6, 6.07) is -1.39. The summed E-state index contributed by atoms with van der Waals surface area (Å²) in [4.78, 5) is 27.7. The van der Waals surface area contributed by atoms with Gasteiger partial charge in [-0.15, -0.1) is 0 Å². The zero-order valence-corrected chi connectivity index (χ0v) is 7.97. The summed E-state index contributed by atoms with van der Waals surface area (Å²) in [5.74, 6) is -1.84. The fourth-order valence-electron chi connectivity index (χ4n) is 1.10. The van der Waals surface area contributed by atoms with Crippen molar-refractivity contribution in [3.05, 3.63) is 18.2 Å². The quantitative estimate of drug-likeness (QED) is 0.513. The second-order valence-corrected chi connectivity index (χ2v) is 2.97. The predicted molar refractivity (Wildman–Crippen MR) is 48.8 cm³/mol. The number of nitrogens with zero attached hydrogens (tertiary/aromatic N) is 1.